The number of para-hydroxylation sites is 1. The molecule has 0 aromatic heterocycles. The van der Waals surface area contributed by atoms with E-state index in [1.165, 1.54) is 0 Å². The first-order valence-corrected chi connectivity index (χ1v) is 11.7. The number of hydrogen-bond donors (Lipinski definition) is 3. The molecule has 0 heterocycles. The first-order valence-electron chi connectivity index (χ1n) is 10.5. The Morgan fingerprint density at radius 3 is 2.36 bits per heavy atom. The van der Waals surface area contributed by atoms with Gasteiger partial charge in [-0.2, -0.15) is 0 Å². The summed E-state index contributed by atoms with van der Waals surface area (Å²) in [6, 6.07) is 12.6. The van der Waals surface area contributed by atoms with Gasteiger partial charge in [0.2, 0.25) is 0 Å². The van der Waals surface area contributed by atoms with Gasteiger partial charge in [-0.25, -0.2) is 0 Å². The molecule has 0 radical (unpaired) electrons. The smallest absolute Gasteiger partial charge is 0.276 e. The Kier molecular flexibility index (Phi) is 9.67. The standard InChI is InChI=1S/C24H30BrN3O4S/c1-15(2)13-31-19-9-7-6-8-17(19)22(30)26-23(33)28-27-21(29)14-32-20-11-10-16(12-18(20)25)24(3,4)5/h6-12,15H,13-14H2,1-5H3,(H,27,29)(H2,26,28,30,33). The second-order valence-corrected chi connectivity index (χ2v) is 10.1. The van der Waals surface area contributed by atoms with Gasteiger partial charge in [0.25, 0.3) is 11.8 Å². The largest absolute Gasteiger partial charge is 0.492 e. The summed E-state index contributed by atoms with van der Waals surface area (Å²) in [6.45, 7) is 10.6. The topological polar surface area (TPSA) is 88.7 Å². The molecule has 0 fully saturated rings. The van der Waals surface area contributed by atoms with Gasteiger partial charge in [-0.05, 0) is 69.3 Å². The Labute approximate surface area is 208 Å². The maximum Gasteiger partial charge on any atom is 0.276 e. The van der Waals surface area contributed by atoms with E-state index in [0.29, 0.717) is 29.6 Å². The highest BCUT2D eigenvalue weighted by Gasteiger charge is 2.16. The molecule has 3 N–H and O–H groups in total. The summed E-state index contributed by atoms with van der Waals surface area (Å²) in [5, 5.41) is 2.47. The molecule has 2 rings (SSSR count). The van der Waals surface area contributed by atoms with E-state index in [9.17, 15) is 9.59 Å². The van der Waals surface area contributed by atoms with Gasteiger partial charge in [-0.3, -0.25) is 25.8 Å². The van der Waals surface area contributed by atoms with Gasteiger partial charge in [-0.15, -0.1) is 0 Å². The molecular weight excluding hydrogens is 506 g/mol. The van der Waals surface area contributed by atoms with E-state index in [1.807, 2.05) is 32.0 Å². The fourth-order valence-electron chi connectivity index (χ4n) is 2.63. The zero-order valence-corrected chi connectivity index (χ0v) is 21.9. The third-order valence-electron chi connectivity index (χ3n) is 4.40. The summed E-state index contributed by atoms with van der Waals surface area (Å²) in [5.41, 5.74) is 6.40. The van der Waals surface area contributed by atoms with Crippen molar-refractivity contribution in [3.8, 4) is 11.5 Å². The number of carbonyl (C=O) groups is 2. The first-order chi connectivity index (χ1) is 15.5. The van der Waals surface area contributed by atoms with Crippen LogP contribution in [0.2, 0.25) is 0 Å². The number of rotatable bonds is 7. The lowest BCUT2D eigenvalue weighted by molar-refractivity contribution is -0.123. The van der Waals surface area contributed by atoms with Crippen LogP contribution in [-0.4, -0.2) is 30.1 Å². The van der Waals surface area contributed by atoms with Crippen molar-refractivity contribution in [2.24, 2.45) is 5.92 Å². The number of hydrazine groups is 1. The highest BCUT2D eigenvalue weighted by molar-refractivity contribution is 9.10. The molecule has 9 heteroatoms. The minimum Gasteiger partial charge on any atom is -0.492 e. The number of ether oxygens (including phenoxy) is 2. The van der Waals surface area contributed by atoms with E-state index < -0.39 is 11.8 Å². The molecule has 0 bridgehead atoms. The van der Waals surface area contributed by atoms with Crippen molar-refractivity contribution < 1.29 is 19.1 Å². The average molecular weight is 536 g/mol. The van der Waals surface area contributed by atoms with Crippen molar-refractivity contribution in [3.63, 3.8) is 0 Å². The van der Waals surface area contributed by atoms with E-state index in [1.54, 1.807) is 24.3 Å². The molecule has 0 spiro atoms. The Morgan fingerprint density at radius 1 is 1.03 bits per heavy atom. The van der Waals surface area contributed by atoms with Gasteiger partial charge in [0.05, 0.1) is 16.6 Å². The van der Waals surface area contributed by atoms with Crippen LogP contribution in [0.4, 0.5) is 0 Å². The lowest BCUT2D eigenvalue weighted by Crippen LogP contribution is -2.49. The Morgan fingerprint density at radius 2 is 1.73 bits per heavy atom. The van der Waals surface area contributed by atoms with Gasteiger partial charge in [0, 0.05) is 0 Å². The van der Waals surface area contributed by atoms with Crippen molar-refractivity contribution in [3.05, 3.63) is 58.1 Å². The van der Waals surface area contributed by atoms with Crippen LogP contribution in [0.1, 0.15) is 50.5 Å². The lowest BCUT2D eigenvalue weighted by Gasteiger charge is -2.20. The fourth-order valence-corrected chi connectivity index (χ4v) is 3.27. The first kappa shape index (κ1) is 26.6. The predicted octanol–water partition coefficient (Wildman–Crippen LogP) is 4.50. The van der Waals surface area contributed by atoms with Gasteiger partial charge in [0.1, 0.15) is 11.5 Å². The van der Waals surface area contributed by atoms with Crippen molar-refractivity contribution in [2.75, 3.05) is 13.2 Å². The molecule has 0 aliphatic rings. The van der Waals surface area contributed by atoms with E-state index in [2.05, 4.69) is 52.9 Å². The lowest BCUT2D eigenvalue weighted by atomic mass is 9.87. The van der Waals surface area contributed by atoms with Crippen molar-refractivity contribution in [2.45, 2.75) is 40.0 Å². The minimum absolute atomic E-state index is 0.00351. The number of thiocarbonyl (C=S) groups is 1. The molecule has 0 saturated carbocycles. The van der Waals surface area contributed by atoms with Crippen LogP contribution in [0, 0.1) is 5.92 Å². The van der Waals surface area contributed by atoms with Crippen molar-refractivity contribution >= 4 is 45.1 Å². The predicted molar refractivity (Wildman–Crippen MR) is 136 cm³/mol. The summed E-state index contributed by atoms with van der Waals surface area (Å²) < 4.78 is 12.0. The maximum absolute atomic E-state index is 12.6. The van der Waals surface area contributed by atoms with E-state index >= 15 is 0 Å². The van der Waals surface area contributed by atoms with Gasteiger partial charge in [0.15, 0.2) is 11.7 Å². The third-order valence-corrected chi connectivity index (χ3v) is 5.23. The summed E-state index contributed by atoms with van der Waals surface area (Å²) >= 11 is 8.57. The number of benzene rings is 2. The quantitative estimate of drug-likeness (QED) is 0.357. The molecule has 2 amide bonds. The van der Waals surface area contributed by atoms with Crippen LogP contribution in [-0.2, 0) is 10.2 Å². The normalized spacial score (nSPS) is 11.0. The van der Waals surface area contributed by atoms with Crippen molar-refractivity contribution in [1.29, 1.82) is 0 Å². The maximum atomic E-state index is 12.6. The average Bonchev–Trinajstić information content (AvgIpc) is 2.74. The van der Waals surface area contributed by atoms with E-state index in [4.69, 9.17) is 21.7 Å². The van der Waals surface area contributed by atoms with E-state index in [0.717, 1.165) is 10.0 Å². The van der Waals surface area contributed by atoms with Crippen LogP contribution in [0.25, 0.3) is 0 Å². The highest BCUT2D eigenvalue weighted by atomic mass is 79.9. The summed E-state index contributed by atoms with van der Waals surface area (Å²) in [6.07, 6.45) is 0. The van der Waals surface area contributed by atoms with Crippen LogP contribution < -0.4 is 25.6 Å². The summed E-state index contributed by atoms with van der Waals surface area (Å²) in [4.78, 5) is 24.7. The molecule has 0 aliphatic carbocycles. The minimum atomic E-state index is -0.459. The fraction of sp³-hybridized carbons (Fsp3) is 0.375. The van der Waals surface area contributed by atoms with Gasteiger partial charge >= 0.3 is 0 Å². The molecule has 2 aromatic rings. The second-order valence-electron chi connectivity index (χ2n) is 8.84. The monoisotopic (exact) mass is 535 g/mol. The molecule has 7 nitrogen and oxygen atoms in total. The van der Waals surface area contributed by atoms with Crippen LogP contribution in [0.5, 0.6) is 11.5 Å². The third kappa shape index (κ3) is 8.66. The number of carbonyl (C=O) groups excluding carboxylic acids is 2. The van der Waals surface area contributed by atoms with Crippen molar-refractivity contribution in [1.82, 2.24) is 16.2 Å². The van der Waals surface area contributed by atoms with Gasteiger partial charge < -0.3 is 9.47 Å². The molecule has 2 aromatic carbocycles. The Hall–Kier alpha value is -2.65. The number of hydrogen-bond acceptors (Lipinski definition) is 5. The Bertz CT molecular complexity index is 1010. The number of halogens is 1. The molecule has 178 valence electrons. The summed E-state index contributed by atoms with van der Waals surface area (Å²) in [7, 11) is 0. The van der Waals surface area contributed by atoms with Gasteiger partial charge in [-0.1, -0.05) is 52.8 Å². The molecule has 0 aliphatic heterocycles. The molecule has 33 heavy (non-hydrogen) atoms. The summed E-state index contributed by atoms with van der Waals surface area (Å²) in [5.74, 6) is 0.427. The SMILES string of the molecule is CC(C)COc1ccccc1C(=O)NC(=S)NNC(=O)COc1ccc(C(C)(C)C)cc1Br. The van der Waals surface area contributed by atoms with Crippen LogP contribution >= 0.6 is 28.1 Å². The molecular formula is C24H30BrN3O4S. The van der Waals surface area contributed by atoms with E-state index in [-0.39, 0.29) is 17.1 Å². The second kappa shape index (κ2) is 12.0. The number of nitrogens with one attached hydrogen (secondary N) is 3. The number of amides is 2. The molecule has 0 unspecified atom stereocenters. The zero-order valence-electron chi connectivity index (χ0n) is 19.5. The highest BCUT2D eigenvalue weighted by Crippen LogP contribution is 2.31. The van der Waals surface area contributed by atoms with Crippen LogP contribution in [0.15, 0.2) is 46.9 Å². The Balaban J connectivity index is 1.83. The molecule has 0 atom stereocenters. The zero-order chi connectivity index (χ0) is 24.6. The molecule has 0 saturated heterocycles. The van der Waals surface area contributed by atoms with Crippen LogP contribution in [0.3, 0.4) is 0 Å².